The van der Waals surface area contributed by atoms with E-state index in [4.69, 9.17) is 0 Å². The molecule has 0 rings (SSSR count). The Morgan fingerprint density at radius 3 is 2.18 bits per heavy atom. The van der Waals surface area contributed by atoms with Crippen molar-refractivity contribution < 1.29 is 13.2 Å². The summed E-state index contributed by atoms with van der Waals surface area (Å²) in [5, 5.41) is 3.44. The highest BCUT2D eigenvalue weighted by molar-refractivity contribution is 4.73. The van der Waals surface area contributed by atoms with E-state index in [2.05, 4.69) is 26.1 Å². The fraction of sp³-hybridized carbons (Fsp3) is 1.00. The predicted octanol–water partition coefficient (Wildman–Crippen LogP) is 4.52. The molecular formula is C13H26F3N. The molecule has 0 aliphatic heterocycles. The number of rotatable bonds is 9. The monoisotopic (exact) mass is 253 g/mol. The van der Waals surface area contributed by atoms with Crippen LogP contribution in [0.25, 0.3) is 0 Å². The molecule has 0 aromatic heterocycles. The van der Waals surface area contributed by atoms with Gasteiger partial charge in [-0.15, -0.1) is 0 Å². The highest BCUT2D eigenvalue weighted by Gasteiger charge is 2.27. The molecule has 2 unspecified atom stereocenters. The summed E-state index contributed by atoms with van der Waals surface area (Å²) in [5.74, 6) is 0.323. The van der Waals surface area contributed by atoms with Crippen LogP contribution in [0, 0.1) is 5.92 Å². The zero-order valence-electron chi connectivity index (χ0n) is 11.2. The summed E-state index contributed by atoms with van der Waals surface area (Å²) in [7, 11) is 0. The van der Waals surface area contributed by atoms with E-state index in [-0.39, 0.29) is 6.42 Å². The van der Waals surface area contributed by atoms with Gasteiger partial charge in [0.15, 0.2) is 0 Å². The first-order valence-corrected chi connectivity index (χ1v) is 6.70. The summed E-state index contributed by atoms with van der Waals surface area (Å²) < 4.78 is 36.1. The first kappa shape index (κ1) is 16.8. The Bertz CT molecular complexity index is 180. The van der Waals surface area contributed by atoms with Crippen molar-refractivity contribution in [1.82, 2.24) is 5.32 Å². The Morgan fingerprint density at radius 1 is 1.06 bits per heavy atom. The molecule has 0 heterocycles. The van der Waals surface area contributed by atoms with E-state index in [9.17, 15) is 13.2 Å². The molecule has 104 valence electrons. The van der Waals surface area contributed by atoms with Gasteiger partial charge in [-0.05, 0) is 38.1 Å². The third-order valence-electron chi connectivity index (χ3n) is 3.06. The molecule has 0 radical (unpaired) electrons. The third-order valence-corrected chi connectivity index (χ3v) is 3.06. The fourth-order valence-corrected chi connectivity index (χ4v) is 2.05. The average Bonchev–Trinajstić information content (AvgIpc) is 2.22. The van der Waals surface area contributed by atoms with Gasteiger partial charge < -0.3 is 5.32 Å². The fourth-order valence-electron chi connectivity index (χ4n) is 2.05. The van der Waals surface area contributed by atoms with Gasteiger partial charge in [0.05, 0.1) is 0 Å². The van der Waals surface area contributed by atoms with Gasteiger partial charge in [0.1, 0.15) is 0 Å². The zero-order chi connectivity index (χ0) is 13.3. The van der Waals surface area contributed by atoms with Crippen LogP contribution in [0.15, 0.2) is 0 Å². The molecular weight excluding hydrogens is 227 g/mol. The van der Waals surface area contributed by atoms with Gasteiger partial charge in [-0.3, -0.25) is 0 Å². The standard InChI is InChI=1S/C13H26F3N/c1-4-7-12(17-10-5-2)11(3)8-6-9-13(14,15)16/h11-12,17H,4-10H2,1-3H3. The molecule has 0 saturated carbocycles. The second kappa shape index (κ2) is 8.78. The minimum Gasteiger partial charge on any atom is -0.314 e. The van der Waals surface area contributed by atoms with Gasteiger partial charge in [-0.25, -0.2) is 0 Å². The van der Waals surface area contributed by atoms with Gasteiger partial charge in [-0.2, -0.15) is 13.2 Å². The van der Waals surface area contributed by atoms with Crippen LogP contribution in [0.4, 0.5) is 13.2 Å². The van der Waals surface area contributed by atoms with Crippen molar-refractivity contribution >= 4 is 0 Å². The number of hydrogen-bond donors (Lipinski definition) is 1. The summed E-state index contributed by atoms with van der Waals surface area (Å²) in [6.07, 6.45) is -0.561. The van der Waals surface area contributed by atoms with E-state index < -0.39 is 12.6 Å². The van der Waals surface area contributed by atoms with E-state index in [0.29, 0.717) is 18.4 Å². The maximum absolute atomic E-state index is 12.0. The molecule has 0 saturated heterocycles. The van der Waals surface area contributed by atoms with Gasteiger partial charge in [0, 0.05) is 12.5 Å². The Balaban J connectivity index is 3.91. The maximum atomic E-state index is 12.0. The van der Waals surface area contributed by atoms with Crippen molar-refractivity contribution in [3.63, 3.8) is 0 Å². The summed E-state index contributed by atoms with van der Waals surface area (Å²) >= 11 is 0. The van der Waals surface area contributed by atoms with Crippen LogP contribution >= 0.6 is 0 Å². The van der Waals surface area contributed by atoms with E-state index >= 15 is 0 Å². The molecule has 0 aliphatic rings. The van der Waals surface area contributed by atoms with Crippen molar-refractivity contribution in [1.29, 1.82) is 0 Å². The molecule has 4 heteroatoms. The summed E-state index contributed by atoms with van der Waals surface area (Å²) in [6, 6.07) is 0.369. The summed E-state index contributed by atoms with van der Waals surface area (Å²) in [5.41, 5.74) is 0. The molecule has 17 heavy (non-hydrogen) atoms. The number of halogens is 3. The van der Waals surface area contributed by atoms with Gasteiger partial charge in [0.25, 0.3) is 0 Å². The van der Waals surface area contributed by atoms with Crippen molar-refractivity contribution in [2.45, 2.75) is 71.5 Å². The molecule has 0 bridgehead atoms. The van der Waals surface area contributed by atoms with E-state index in [1.54, 1.807) is 0 Å². The van der Waals surface area contributed by atoms with Crippen LogP contribution < -0.4 is 5.32 Å². The lowest BCUT2D eigenvalue weighted by Crippen LogP contribution is -2.35. The molecule has 0 aliphatic carbocycles. The SMILES string of the molecule is CCCNC(CCC)C(C)CCCC(F)(F)F. The lowest BCUT2D eigenvalue weighted by atomic mass is 9.92. The van der Waals surface area contributed by atoms with Crippen LogP contribution in [-0.4, -0.2) is 18.8 Å². The number of hydrogen-bond acceptors (Lipinski definition) is 1. The Morgan fingerprint density at radius 2 is 1.71 bits per heavy atom. The van der Waals surface area contributed by atoms with Crippen LogP contribution in [0.1, 0.15) is 59.3 Å². The minimum absolute atomic E-state index is 0.249. The summed E-state index contributed by atoms with van der Waals surface area (Å²) in [6.45, 7) is 7.22. The van der Waals surface area contributed by atoms with Crippen LogP contribution in [0.5, 0.6) is 0 Å². The maximum Gasteiger partial charge on any atom is 0.389 e. The van der Waals surface area contributed by atoms with Gasteiger partial charge in [-0.1, -0.05) is 27.2 Å². The molecule has 1 N–H and O–H groups in total. The Labute approximate surface area is 103 Å². The highest BCUT2D eigenvalue weighted by Crippen LogP contribution is 2.25. The van der Waals surface area contributed by atoms with E-state index in [1.165, 1.54) is 0 Å². The quantitative estimate of drug-likeness (QED) is 0.637. The van der Waals surface area contributed by atoms with Gasteiger partial charge >= 0.3 is 6.18 Å². The molecule has 2 atom stereocenters. The molecule has 0 amide bonds. The van der Waals surface area contributed by atoms with Crippen LogP contribution in [-0.2, 0) is 0 Å². The number of nitrogens with one attached hydrogen (secondary N) is 1. The smallest absolute Gasteiger partial charge is 0.314 e. The molecule has 0 fully saturated rings. The van der Waals surface area contributed by atoms with Gasteiger partial charge in [0.2, 0.25) is 0 Å². The predicted molar refractivity (Wildman–Crippen MR) is 66.1 cm³/mol. The second-order valence-electron chi connectivity index (χ2n) is 4.83. The first-order valence-electron chi connectivity index (χ1n) is 6.70. The lowest BCUT2D eigenvalue weighted by molar-refractivity contribution is -0.136. The third kappa shape index (κ3) is 9.45. The average molecular weight is 253 g/mol. The lowest BCUT2D eigenvalue weighted by Gasteiger charge is -2.25. The van der Waals surface area contributed by atoms with Crippen molar-refractivity contribution in [2.75, 3.05) is 6.54 Å². The molecule has 0 aromatic carbocycles. The topological polar surface area (TPSA) is 12.0 Å². The zero-order valence-corrected chi connectivity index (χ0v) is 11.2. The number of alkyl halides is 3. The van der Waals surface area contributed by atoms with Crippen LogP contribution in [0.2, 0.25) is 0 Å². The normalized spacial score (nSPS) is 15.9. The second-order valence-corrected chi connectivity index (χ2v) is 4.83. The Kier molecular flexibility index (Phi) is 8.66. The highest BCUT2D eigenvalue weighted by atomic mass is 19.4. The van der Waals surface area contributed by atoms with Crippen LogP contribution in [0.3, 0.4) is 0 Å². The van der Waals surface area contributed by atoms with E-state index in [1.807, 2.05) is 0 Å². The Hall–Kier alpha value is -0.250. The van der Waals surface area contributed by atoms with Crippen molar-refractivity contribution in [3.8, 4) is 0 Å². The first-order chi connectivity index (χ1) is 7.90. The summed E-state index contributed by atoms with van der Waals surface area (Å²) in [4.78, 5) is 0. The van der Waals surface area contributed by atoms with Crippen molar-refractivity contribution in [3.05, 3.63) is 0 Å². The minimum atomic E-state index is -4.00. The van der Waals surface area contributed by atoms with Crippen molar-refractivity contribution in [2.24, 2.45) is 5.92 Å². The molecule has 0 spiro atoms. The molecule has 0 aromatic rings. The molecule has 1 nitrogen and oxygen atoms in total. The van der Waals surface area contributed by atoms with E-state index in [0.717, 1.165) is 25.8 Å². The largest absolute Gasteiger partial charge is 0.389 e.